The number of carbonyl (C=O) groups excluding carboxylic acids is 1. The molecular formula is C22H31N3O2. The van der Waals surface area contributed by atoms with Gasteiger partial charge in [-0.1, -0.05) is 38.1 Å². The summed E-state index contributed by atoms with van der Waals surface area (Å²) >= 11 is 0. The van der Waals surface area contributed by atoms with Crippen LogP contribution in [0, 0.1) is 11.8 Å². The second-order valence-electron chi connectivity index (χ2n) is 8.02. The number of nitrogens with zero attached hydrogens (tertiary/aromatic N) is 3. The lowest BCUT2D eigenvalue weighted by molar-refractivity contribution is 0.0775. The number of aromatic nitrogens is 2. The predicted molar refractivity (Wildman–Crippen MR) is 107 cm³/mol. The van der Waals surface area contributed by atoms with Crippen molar-refractivity contribution in [2.45, 2.75) is 53.2 Å². The summed E-state index contributed by atoms with van der Waals surface area (Å²) in [5.74, 6) is 1.13. The first-order chi connectivity index (χ1) is 13.0. The zero-order valence-electron chi connectivity index (χ0n) is 16.7. The van der Waals surface area contributed by atoms with Crippen molar-refractivity contribution in [3.05, 3.63) is 52.8 Å². The number of hydrogen-bond donors (Lipinski definition) is 1. The number of hydrogen-bond acceptors (Lipinski definition) is 3. The number of benzene rings is 1. The van der Waals surface area contributed by atoms with Crippen LogP contribution in [0.5, 0.6) is 0 Å². The Morgan fingerprint density at radius 3 is 2.59 bits per heavy atom. The fourth-order valence-electron chi connectivity index (χ4n) is 3.86. The van der Waals surface area contributed by atoms with Crippen LogP contribution in [0.1, 0.15) is 54.5 Å². The minimum Gasteiger partial charge on any atom is -0.392 e. The number of amides is 1. The highest BCUT2D eigenvalue weighted by Gasteiger charge is 2.29. The van der Waals surface area contributed by atoms with Crippen LogP contribution < -0.4 is 0 Å². The lowest BCUT2D eigenvalue weighted by Gasteiger charge is -2.17. The summed E-state index contributed by atoms with van der Waals surface area (Å²) in [4.78, 5) is 15.0. The highest BCUT2D eigenvalue weighted by Crippen LogP contribution is 2.23. The van der Waals surface area contributed by atoms with Gasteiger partial charge in [-0.15, -0.1) is 0 Å². The van der Waals surface area contributed by atoms with E-state index in [0.717, 1.165) is 49.3 Å². The van der Waals surface area contributed by atoms with Gasteiger partial charge >= 0.3 is 0 Å². The Hall–Kier alpha value is -2.14. The largest absolute Gasteiger partial charge is 0.392 e. The smallest absolute Gasteiger partial charge is 0.272 e. The van der Waals surface area contributed by atoms with Gasteiger partial charge in [-0.3, -0.25) is 9.48 Å². The van der Waals surface area contributed by atoms with Gasteiger partial charge in [0.2, 0.25) is 0 Å². The molecule has 0 bridgehead atoms. The maximum absolute atomic E-state index is 13.0. The molecule has 5 nitrogen and oxygen atoms in total. The summed E-state index contributed by atoms with van der Waals surface area (Å²) < 4.78 is 1.85. The first-order valence-electron chi connectivity index (χ1n) is 10.0. The third-order valence-electron chi connectivity index (χ3n) is 5.27. The molecule has 146 valence electrons. The van der Waals surface area contributed by atoms with Gasteiger partial charge in [0.05, 0.1) is 12.3 Å². The van der Waals surface area contributed by atoms with Gasteiger partial charge in [0, 0.05) is 19.6 Å². The van der Waals surface area contributed by atoms with Crippen molar-refractivity contribution in [1.29, 1.82) is 0 Å². The van der Waals surface area contributed by atoms with Crippen LogP contribution in [0.25, 0.3) is 0 Å². The van der Waals surface area contributed by atoms with Gasteiger partial charge in [0.15, 0.2) is 0 Å². The fraction of sp³-hybridized carbons (Fsp3) is 0.545. The van der Waals surface area contributed by atoms with Crippen LogP contribution in [-0.4, -0.2) is 38.8 Å². The third-order valence-corrected chi connectivity index (χ3v) is 5.27. The first kappa shape index (κ1) is 19.6. The average Bonchev–Trinajstić information content (AvgIpc) is 3.28. The predicted octanol–water partition coefficient (Wildman–Crippen LogP) is 3.30. The monoisotopic (exact) mass is 369 g/mol. The highest BCUT2D eigenvalue weighted by molar-refractivity contribution is 5.93. The summed E-state index contributed by atoms with van der Waals surface area (Å²) in [5.41, 5.74) is 3.94. The second-order valence-corrected chi connectivity index (χ2v) is 8.02. The summed E-state index contributed by atoms with van der Waals surface area (Å²) in [5, 5.41) is 13.8. The molecule has 1 fully saturated rings. The Bertz CT molecular complexity index is 764. The number of rotatable bonds is 7. The third kappa shape index (κ3) is 4.78. The van der Waals surface area contributed by atoms with Crippen LogP contribution in [0.4, 0.5) is 0 Å². The quantitative estimate of drug-likeness (QED) is 0.815. The molecule has 0 spiro atoms. The summed E-state index contributed by atoms with van der Waals surface area (Å²) in [6, 6.07) is 10.1. The molecular weight excluding hydrogens is 338 g/mol. The lowest BCUT2D eigenvalue weighted by Crippen LogP contribution is -2.30. The van der Waals surface area contributed by atoms with Gasteiger partial charge in [0.1, 0.15) is 5.69 Å². The zero-order valence-corrected chi connectivity index (χ0v) is 16.7. The number of carbonyl (C=O) groups is 1. The Morgan fingerprint density at radius 1 is 1.26 bits per heavy atom. The van der Waals surface area contributed by atoms with E-state index in [-0.39, 0.29) is 12.5 Å². The molecule has 0 saturated carbocycles. The van der Waals surface area contributed by atoms with Crippen LogP contribution in [0.3, 0.4) is 0 Å². The minimum absolute atomic E-state index is 0.0793. The molecule has 1 atom stereocenters. The van der Waals surface area contributed by atoms with E-state index in [1.165, 1.54) is 5.56 Å². The normalized spacial score (nSPS) is 17.1. The van der Waals surface area contributed by atoms with Crippen molar-refractivity contribution in [1.82, 2.24) is 14.7 Å². The Labute approximate surface area is 162 Å². The Balaban J connectivity index is 1.64. The molecule has 0 aliphatic carbocycles. The number of aliphatic hydroxyl groups is 1. The zero-order chi connectivity index (χ0) is 19.4. The topological polar surface area (TPSA) is 58.4 Å². The highest BCUT2D eigenvalue weighted by atomic mass is 16.3. The summed E-state index contributed by atoms with van der Waals surface area (Å²) in [6.45, 7) is 8.78. The van der Waals surface area contributed by atoms with E-state index in [4.69, 9.17) is 5.11 Å². The standard InChI is InChI=1S/C22H31N3O2/c1-4-25-21(13-20(23-25)11-16(2)3)22(27)24-10-9-19(14-24)12-17-5-7-18(15-26)8-6-17/h5-8,13,16,19,26H,4,9-12,14-15H2,1-3H3. The van der Waals surface area contributed by atoms with E-state index in [9.17, 15) is 4.79 Å². The summed E-state index contributed by atoms with van der Waals surface area (Å²) in [7, 11) is 0. The molecule has 1 amide bonds. The van der Waals surface area contributed by atoms with E-state index >= 15 is 0 Å². The molecule has 1 unspecified atom stereocenters. The van der Waals surface area contributed by atoms with Crippen LogP contribution in [0.2, 0.25) is 0 Å². The lowest BCUT2D eigenvalue weighted by atomic mass is 9.98. The minimum atomic E-state index is 0.0793. The molecule has 1 aromatic carbocycles. The SMILES string of the molecule is CCn1nc(CC(C)C)cc1C(=O)N1CCC(Cc2ccc(CO)cc2)C1. The number of aryl methyl sites for hydroxylation is 1. The van der Waals surface area contributed by atoms with E-state index in [1.54, 1.807) is 0 Å². The molecule has 5 heteroatoms. The number of likely N-dealkylation sites (tertiary alicyclic amines) is 1. The molecule has 0 radical (unpaired) electrons. The van der Waals surface area contributed by atoms with E-state index in [1.807, 2.05) is 34.7 Å². The van der Waals surface area contributed by atoms with Crippen molar-refractivity contribution in [2.75, 3.05) is 13.1 Å². The molecule has 1 aromatic heterocycles. The van der Waals surface area contributed by atoms with E-state index in [2.05, 4.69) is 31.1 Å². The van der Waals surface area contributed by atoms with Gasteiger partial charge in [-0.25, -0.2) is 0 Å². The maximum Gasteiger partial charge on any atom is 0.272 e. The molecule has 2 heterocycles. The molecule has 27 heavy (non-hydrogen) atoms. The van der Waals surface area contributed by atoms with Gasteiger partial charge in [-0.05, 0) is 55.2 Å². The van der Waals surface area contributed by atoms with Crippen molar-refractivity contribution < 1.29 is 9.90 Å². The Kier molecular flexibility index (Phi) is 6.32. The average molecular weight is 370 g/mol. The molecule has 1 aliphatic rings. The van der Waals surface area contributed by atoms with Crippen molar-refractivity contribution >= 4 is 5.91 Å². The molecule has 1 saturated heterocycles. The Morgan fingerprint density at radius 2 is 1.96 bits per heavy atom. The van der Waals surface area contributed by atoms with Crippen molar-refractivity contribution in [3.8, 4) is 0 Å². The maximum atomic E-state index is 13.0. The van der Waals surface area contributed by atoms with Crippen LogP contribution >= 0.6 is 0 Å². The molecule has 2 aromatic rings. The van der Waals surface area contributed by atoms with Crippen molar-refractivity contribution in [3.63, 3.8) is 0 Å². The van der Waals surface area contributed by atoms with E-state index < -0.39 is 0 Å². The first-order valence-corrected chi connectivity index (χ1v) is 10.0. The summed E-state index contributed by atoms with van der Waals surface area (Å²) in [6.07, 6.45) is 2.91. The van der Waals surface area contributed by atoms with Crippen molar-refractivity contribution in [2.24, 2.45) is 11.8 Å². The fourth-order valence-corrected chi connectivity index (χ4v) is 3.86. The van der Waals surface area contributed by atoms with Gasteiger partial charge in [0.25, 0.3) is 5.91 Å². The molecule has 1 aliphatic heterocycles. The van der Waals surface area contributed by atoms with Crippen LogP contribution in [0.15, 0.2) is 30.3 Å². The molecule has 1 N–H and O–H groups in total. The van der Waals surface area contributed by atoms with Gasteiger partial charge < -0.3 is 10.0 Å². The van der Waals surface area contributed by atoms with E-state index in [0.29, 0.717) is 18.4 Å². The van der Waals surface area contributed by atoms with Gasteiger partial charge in [-0.2, -0.15) is 5.10 Å². The second kappa shape index (κ2) is 8.70. The van der Waals surface area contributed by atoms with Crippen LogP contribution in [-0.2, 0) is 26.0 Å². The number of aliphatic hydroxyl groups excluding tert-OH is 1. The molecule has 3 rings (SSSR count).